The minimum absolute atomic E-state index is 0.145. The molecule has 0 aromatic carbocycles. The maximum absolute atomic E-state index is 14.1. The van der Waals surface area contributed by atoms with Crippen molar-refractivity contribution in [2.45, 2.75) is 19.3 Å². The van der Waals surface area contributed by atoms with E-state index in [4.69, 9.17) is 5.73 Å². The number of aliphatic imine (C=N–C) groups is 2. The van der Waals surface area contributed by atoms with Crippen molar-refractivity contribution >= 4 is 18.0 Å². The number of nitrogens with one attached hydrogen (secondary N) is 1. The van der Waals surface area contributed by atoms with Gasteiger partial charge in [-0.05, 0) is 18.9 Å². The van der Waals surface area contributed by atoms with E-state index in [2.05, 4.69) is 15.3 Å². The van der Waals surface area contributed by atoms with Gasteiger partial charge in [0.05, 0.1) is 11.3 Å². The highest BCUT2D eigenvalue weighted by Gasteiger charge is 2.27. The number of hydrogen-bond donors (Lipinski definition) is 2. The van der Waals surface area contributed by atoms with Crippen molar-refractivity contribution in [2.24, 2.45) is 15.7 Å². The summed E-state index contributed by atoms with van der Waals surface area (Å²) in [5, 5.41) is 2.82. The van der Waals surface area contributed by atoms with Gasteiger partial charge in [0.25, 0.3) is 0 Å². The molecule has 3 N–H and O–H groups in total. The van der Waals surface area contributed by atoms with Gasteiger partial charge in [0.2, 0.25) is 0 Å². The second kappa shape index (κ2) is 6.93. The molecule has 0 bridgehead atoms. The molecule has 22 heavy (non-hydrogen) atoms. The summed E-state index contributed by atoms with van der Waals surface area (Å²) in [5.74, 6) is -1.99. The fourth-order valence-corrected chi connectivity index (χ4v) is 2.08. The van der Waals surface area contributed by atoms with Crippen molar-refractivity contribution in [1.29, 1.82) is 0 Å². The lowest BCUT2D eigenvalue weighted by Gasteiger charge is -2.16. The van der Waals surface area contributed by atoms with Crippen LogP contribution < -0.4 is 11.1 Å². The lowest BCUT2D eigenvalue weighted by Crippen LogP contribution is -2.25. The van der Waals surface area contributed by atoms with Crippen molar-refractivity contribution in [1.82, 2.24) is 5.32 Å². The molecule has 2 rings (SSSR count). The van der Waals surface area contributed by atoms with Crippen LogP contribution >= 0.6 is 0 Å². The molecule has 1 aliphatic heterocycles. The Morgan fingerprint density at radius 3 is 2.77 bits per heavy atom. The molecule has 1 heterocycles. The molecule has 1 aliphatic carbocycles. The molecule has 0 aromatic heterocycles. The van der Waals surface area contributed by atoms with E-state index in [1.807, 2.05) is 0 Å². The molecule has 2 aliphatic rings. The highest BCUT2D eigenvalue weighted by molar-refractivity contribution is 6.12. The van der Waals surface area contributed by atoms with E-state index in [9.17, 15) is 13.6 Å². The molecule has 5 nitrogen and oxygen atoms in total. The second-order valence-electron chi connectivity index (χ2n) is 4.73. The van der Waals surface area contributed by atoms with Crippen LogP contribution in [0.5, 0.6) is 0 Å². The SMILES string of the molecule is CN=CN=C1CCC(C(=O)C2=C(F)C(N)=CCC=C2F)=CN1. The Balaban J connectivity index is 2.27. The lowest BCUT2D eigenvalue weighted by atomic mass is 9.96. The molecule has 0 saturated carbocycles. The first-order valence-corrected chi connectivity index (χ1v) is 6.74. The van der Waals surface area contributed by atoms with Crippen LogP contribution in [0, 0.1) is 0 Å². The van der Waals surface area contributed by atoms with Crippen LogP contribution in [0.2, 0.25) is 0 Å². The van der Waals surface area contributed by atoms with Crippen LogP contribution in [0.4, 0.5) is 8.78 Å². The number of halogens is 2. The molecule has 0 saturated heterocycles. The summed E-state index contributed by atoms with van der Waals surface area (Å²) >= 11 is 0. The Kier molecular flexibility index (Phi) is 4.98. The Bertz CT molecular complexity index is 669. The molecule has 7 heteroatoms. The minimum atomic E-state index is -1.02. The fourth-order valence-electron chi connectivity index (χ4n) is 2.08. The van der Waals surface area contributed by atoms with Crippen LogP contribution in [0.3, 0.4) is 0 Å². The van der Waals surface area contributed by atoms with E-state index in [1.165, 1.54) is 18.6 Å². The molecule has 0 aromatic rings. The number of hydrogen-bond acceptors (Lipinski definition) is 3. The smallest absolute Gasteiger partial charge is 0.196 e. The number of nitrogens with two attached hydrogens (primary N) is 1. The van der Waals surface area contributed by atoms with Gasteiger partial charge in [-0.15, -0.1) is 0 Å². The summed E-state index contributed by atoms with van der Waals surface area (Å²) in [4.78, 5) is 20.1. The molecule has 0 spiro atoms. The van der Waals surface area contributed by atoms with Crippen molar-refractivity contribution in [3.8, 4) is 0 Å². The molecular weight excluding hydrogens is 290 g/mol. The average Bonchev–Trinajstić information content (AvgIpc) is 2.64. The second-order valence-corrected chi connectivity index (χ2v) is 4.73. The minimum Gasteiger partial charge on any atom is -0.397 e. The fraction of sp³-hybridized carbons (Fsp3) is 0.267. The number of nitrogens with zero attached hydrogens (tertiary/aromatic N) is 2. The number of carbonyl (C=O) groups excluding carboxylic acids is 1. The highest BCUT2D eigenvalue weighted by Crippen LogP contribution is 2.29. The van der Waals surface area contributed by atoms with Crippen LogP contribution in [-0.4, -0.2) is 25.0 Å². The Morgan fingerprint density at radius 1 is 1.36 bits per heavy atom. The quantitative estimate of drug-likeness (QED) is 0.619. The van der Waals surface area contributed by atoms with E-state index in [1.54, 1.807) is 7.05 Å². The third-order valence-electron chi connectivity index (χ3n) is 3.24. The maximum Gasteiger partial charge on any atom is 0.196 e. The van der Waals surface area contributed by atoms with Gasteiger partial charge < -0.3 is 11.1 Å². The summed E-state index contributed by atoms with van der Waals surface area (Å²) in [6, 6.07) is 0. The number of ketones is 1. The average molecular weight is 306 g/mol. The largest absolute Gasteiger partial charge is 0.397 e. The number of allylic oxidation sites excluding steroid dienone is 6. The van der Waals surface area contributed by atoms with E-state index >= 15 is 0 Å². The first-order valence-electron chi connectivity index (χ1n) is 6.74. The van der Waals surface area contributed by atoms with Gasteiger partial charge in [-0.1, -0.05) is 6.08 Å². The lowest BCUT2D eigenvalue weighted by molar-refractivity contribution is -0.112. The first-order chi connectivity index (χ1) is 10.5. The van der Waals surface area contributed by atoms with E-state index in [0.29, 0.717) is 18.7 Å². The molecule has 0 amide bonds. The van der Waals surface area contributed by atoms with Crippen molar-refractivity contribution in [3.05, 3.63) is 46.8 Å². The highest BCUT2D eigenvalue weighted by atomic mass is 19.1. The summed E-state index contributed by atoms with van der Waals surface area (Å²) in [6.07, 6.45) is 6.18. The molecular formula is C15H16F2N4O. The van der Waals surface area contributed by atoms with Crippen molar-refractivity contribution in [3.63, 3.8) is 0 Å². The van der Waals surface area contributed by atoms with Gasteiger partial charge in [0, 0.05) is 25.2 Å². The Labute approximate surface area is 126 Å². The predicted octanol–water partition coefficient (Wildman–Crippen LogP) is 2.20. The van der Waals surface area contributed by atoms with Gasteiger partial charge in [-0.25, -0.2) is 13.8 Å². The van der Waals surface area contributed by atoms with E-state index in [0.717, 1.165) is 6.08 Å². The zero-order valence-corrected chi connectivity index (χ0v) is 12.1. The van der Waals surface area contributed by atoms with Gasteiger partial charge in [0.1, 0.15) is 18.0 Å². The molecule has 0 fully saturated rings. The third-order valence-corrected chi connectivity index (χ3v) is 3.24. The normalized spacial score (nSPS) is 21.2. The summed E-state index contributed by atoms with van der Waals surface area (Å²) in [5.41, 5.74) is 4.92. The van der Waals surface area contributed by atoms with Gasteiger partial charge in [-0.3, -0.25) is 9.79 Å². The summed E-state index contributed by atoms with van der Waals surface area (Å²) in [7, 11) is 1.59. The topological polar surface area (TPSA) is 79.8 Å². The predicted molar refractivity (Wildman–Crippen MR) is 81.5 cm³/mol. The van der Waals surface area contributed by atoms with Gasteiger partial charge >= 0.3 is 0 Å². The molecule has 0 radical (unpaired) electrons. The number of amidine groups is 1. The first kappa shape index (κ1) is 15.8. The zero-order valence-electron chi connectivity index (χ0n) is 12.1. The molecule has 0 unspecified atom stereocenters. The standard InChI is InChI=1S/C15H16F2N4O/c1-19-8-21-12-6-5-9(7-20-12)15(22)13-10(16)3-2-4-11(18)14(13)17/h3-4,7-8H,2,5-6,18H2,1H3,(H,19,20,21). The van der Waals surface area contributed by atoms with Crippen molar-refractivity contribution in [2.75, 3.05) is 7.05 Å². The Hall–Kier alpha value is -2.57. The summed E-state index contributed by atoms with van der Waals surface area (Å²) < 4.78 is 28.0. The van der Waals surface area contributed by atoms with Crippen LogP contribution in [0.25, 0.3) is 0 Å². The molecule has 116 valence electrons. The monoisotopic (exact) mass is 306 g/mol. The van der Waals surface area contributed by atoms with Gasteiger partial charge in [-0.2, -0.15) is 0 Å². The Morgan fingerprint density at radius 2 is 2.14 bits per heavy atom. The van der Waals surface area contributed by atoms with Crippen LogP contribution in [-0.2, 0) is 4.79 Å². The number of carbonyl (C=O) groups is 1. The number of Topliss-reactive ketones (excluding diaryl/α,β-unsaturated/α-hetero) is 1. The maximum atomic E-state index is 14.1. The van der Waals surface area contributed by atoms with Gasteiger partial charge in [0.15, 0.2) is 11.6 Å². The van der Waals surface area contributed by atoms with E-state index < -0.39 is 23.0 Å². The molecule has 0 atom stereocenters. The third kappa shape index (κ3) is 3.36. The van der Waals surface area contributed by atoms with Crippen LogP contribution in [0.1, 0.15) is 19.3 Å². The van der Waals surface area contributed by atoms with Crippen molar-refractivity contribution < 1.29 is 13.6 Å². The van der Waals surface area contributed by atoms with Crippen LogP contribution in [0.15, 0.2) is 56.8 Å². The van der Waals surface area contributed by atoms with E-state index in [-0.39, 0.29) is 17.7 Å². The summed E-state index contributed by atoms with van der Waals surface area (Å²) in [6.45, 7) is 0. The zero-order chi connectivity index (χ0) is 16.1. The number of rotatable bonds is 3.